The average molecular weight is 1410 g/mol. The van der Waals surface area contributed by atoms with Crippen LogP contribution in [0.3, 0.4) is 0 Å². The smallest absolute Gasteiger partial charge is 0.459 e. The monoisotopic (exact) mass is 1410 g/mol. The van der Waals surface area contributed by atoms with Crippen LogP contribution in [0.15, 0.2) is 110 Å². The van der Waals surface area contributed by atoms with Gasteiger partial charge in [-0.2, -0.15) is 30.1 Å². The molecule has 12 bridgehead atoms. The third kappa shape index (κ3) is 16.4. The maximum Gasteiger partial charge on any atom is 0.459 e. The summed E-state index contributed by atoms with van der Waals surface area (Å²) in [5, 5.41) is 57.0. The molecule has 0 saturated carbocycles. The Morgan fingerprint density at radius 3 is 1.63 bits per heavy atom. The standard InChI is InChI=1S/C34H43N6O9P.C33H43N6O9P/c1-21-30(42)46-19-33(2,3)16-9-6-10-17-45-29-26-28(37-32(35-5)38-29)40(20-36-26)31-34(4,43)27(41)25(48-31)18-47-50(44,39-21)49-24-15-11-13-22-12-7-8-14-23(22)24;1-20-29(41)45-18-32(2,3)15-8-5-9-16-44-28-25-27(36-31(34)37-28)39(19-35-25)30-33(4,42)26(40)24(47-30)17-46-49(43,38-20)48-23-14-10-12-21-11-6-7-13-22(21)23/h6-9,11-15,20-21,25,27,31,41,43H,10,16-19H2,1-5H3,(H,39,44)(H,35,37,38);6-7,10-14,19-20,24,26,30,40,42H,5,8-9,15-18H2,1-4H3,(H,38,43)(H2,34,36,37)/t21-,25?,27+,31?,34+,50?;20-,24?,26+,30?,33+,49?/m00/s1. The highest BCUT2D eigenvalue weighted by Crippen LogP contribution is 2.51. The Morgan fingerprint density at radius 1 is 0.606 bits per heavy atom. The van der Waals surface area contributed by atoms with Crippen molar-refractivity contribution >= 4 is 83.2 Å². The second-order valence-corrected chi connectivity index (χ2v) is 30.4. The van der Waals surface area contributed by atoms with Gasteiger partial charge >= 0.3 is 27.4 Å². The summed E-state index contributed by atoms with van der Waals surface area (Å²) < 4.78 is 91.4. The Labute approximate surface area is 571 Å². The lowest BCUT2D eigenvalue weighted by molar-refractivity contribution is -0.149. The zero-order valence-corrected chi connectivity index (χ0v) is 58.3. The summed E-state index contributed by atoms with van der Waals surface area (Å²) in [4.78, 5) is 52.7. The first-order chi connectivity index (χ1) is 47.1. The van der Waals surface area contributed by atoms with Gasteiger partial charge in [0.1, 0.15) is 59.2 Å². The number of cyclic esters (lactones) is 2. The van der Waals surface area contributed by atoms with Crippen LogP contribution in [-0.2, 0) is 46.7 Å². The minimum Gasteiger partial charge on any atom is -0.476 e. The molecule has 12 atom stereocenters. The van der Waals surface area contributed by atoms with Crippen molar-refractivity contribution in [2.45, 2.75) is 154 Å². The molecule has 8 aromatic rings. The molecule has 532 valence electrons. The lowest BCUT2D eigenvalue weighted by Gasteiger charge is -2.28. The molecule has 4 aliphatic rings. The van der Waals surface area contributed by atoms with Crippen molar-refractivity contribution in [2.24, 2.45) is 10.8 Å². The van der Waals surface area contributed by atoms with Crippen LogP contribution in [0, 0.1) is 10.8 Å². The Bertz CT molecular complexity index is 4330. The average Bonchev–Trinajstić information content (AvgIpc) is 1.61. The van der Waals surface area contributed by atoms with Crippen LogP contribution >= 0.6 is 15.5 Å². The van der Waals surface area contributed by atoms with E-state index in [0.29, 0.717) is 47.9 Å². The normalized spacial score (nSPS) is 29.9. The number of nitrogens with two attached hydrogens (primary N) is 1. The lowest BCUT2D eigenvalue weighted by Crippen LogP contribution is -2.44. The SMILES string of the molecule is CNc1nc2c3ncn(c3n1)C1OC(COP(=O)(Oc3cccc4ccccc34)N[C@@H](C)C(=O)OCC(C)(C)CC=CCCO2)[C@@H](O)[C@@]1(C)O.C[C@@H]1NP(=O)(Oc2cccc3ccccc23)OCC2OC(n3cnc4c(nc(N)nc43)OCCCCCC(C)(C)COC1=O)[C@](C)(O)[C@@H]2O. The molecule has 30 nitrogen and oxygen atoms in total. The number of anilines is 2. The molecule has 4 aromatic heterocycles. The fourth-order valence-corrected chi connectivity index (χ4v) is 14.9. The van der Waals surface area contributed by atoms with Crippen LogP contribution < -0.4 is 39.7 Å². The predicted molar refractivity (Wildman–Crippen MR) is 364 cm³/mol. The first-order valence-corrected chi connectivity index (χ1v) is 35.8. The first kappa shape index (κ1) is 72.3. The largest absolute Gasteiger partial charge is 0.476 e. The maximum absolute atomic E-state index is 14.5. The van der Waals surface area contributed by atoms with Crippen LogP contribution in [0.5, 0.6) is 23.3 Å². The van der Waals surface area contributed by atoms with Crippen molar-refractivity contribution in [1.29, 1.82) is 0 Å². The molecule has 32 heteroatoms. The van der Waals surface area contributed by atoms with E-state index in [1.807, 2.05) is 101 Å². The van der Waals surface area contributed by atoms with E-state index in [9.17, 15) is 39.1 Å². The number of nitrogens with one attached hydrogen (secondary N) is 3. The number of nitrogens with zero attached hydrogens (tertiary/aromatic N) is 8. The van der Waals surface area contributed by atoms with Gasteiger partial charge in [0.05, 0.1) is 52.3 Å². The summed E-state index contributed by atoms with van der Waals surface area (Å²) in [6, 6.07) is 23.0. The molecule has 0 spiro atoms. The van der Waals surface area contributed by atoms with E-state index < -0.39 is 106 Å². The number of fused-ring (bicyclic) bond motifs is 8. The number of carbonyl (C=O) groups excluding carboxylic acids is 2. The molecule has 2 saturated heterocycles. The number of aromatic nitrogens is 8. The second kappa shape index (κ2) is 29.7. The number of nitrogen functional groups attached to an aromatic ring is 1. The van der Waals surface area contributed by atoms with E-state index in [4.69, 9.17) is 52.2 Å². The van der Waals surface area contributed by atoms with E-state index in [1.54, 1.807) is 31.3 Å². The summed E-state index contributed by atoms with van der Waals surface area (Å²) in [6.07, 6.45) is 3.30. The highest BCUT2D eigenvalue weighted by atomic mass is 31.2. The predicted octanol–water partition coefficient (Wildman–Crippen LogP) is 8.79. The first-order valence-electron chi connectivity index (χ1n) is 32.7. The van der Waals surface area contributed by atoms with Gasteiger partial charge < -0.3 is 68.9 Å². The van der Waals surface area contributed by atoms with Gasteiger partial charge in [-0.05, 0) is 81.7 Å². The molecule has 2 fully saturated rings. The van der Waals surface area contributed by atoms with Crippen LogP contribution in [-0.4, -0.2) is 166 Å². The number of imidazole rings is 2. The topological polar surface area (TPSA) is 391 Å². The van der Waals surface area contributed by atoms with Gasteiger partial charge in [-0.3, -0.25) is 27.8 Å². The van der Waals surface area contributed by atoms with E-state index >= 15 is 0 Å². The molecule has 4 aliphatic heterocycles. The summed E-state index contributed by atoms with van der Waals surface area (Å²) in [6.45, 7) is 13.7. The van der Waals surface area contributed by atoms with E-state index in [1.165, 1.54) is 49.5 Å². The zero-order chi connectivity index (χ0) is 70.7. The van der Waals surface area contributed by atoms with E-state index in [-0.39, 0.29) is 65.1 Å². The van der Waals surface area contributed by atoms with Crippen LogP contribution in [0.2, 0.25) is 0 Å². The highest BCUT2D eigenvalue weighted by Gasteiger charge is 2.56. The zero-order valence-electron chi connectivity index (χ0n) is 56.6. The molecule has 6 unspecified atom stereocenters. The molecular formula is C67H86N12O18P2. The molecule has 8 heterocycles. The van der Waals surface area contributed by atoms with E-state index in [0.717, 1.165) is 36.5 Å². The van der Waals surface area contributed by atoms with Gasteiger partial charge in [0.25, 0.3) is 0 Å². The summed E-state index contributed by atoms with van der Waals surface area (Å²) in [5.41, 5.74) is 2.68. The Kier molecular flexibility index (Phi) is 21.7. The van der Waals surface area contributed by atoms with Gasteiger partial charge in [-0.1, -0.05) is 125 Å². The Hall–Kier alpha value is -7.96. The van der Waals surface area contributed by atoms with Crippen molar-refractivity contribution in [3.8, 4) is 23.3 Å². The van der Waals surface area contributed by atoms with Gasteiger partial charge in [-0.15, -0.1) is 0 Å². The number of hydrogen-bond acceptors (Lipinski definition) is 26. The van der Waals surface area contributed by atoms with Crippen LogP contribution in [0.25, 0.3) is 43.9 Å². The van der Waals surface area contributed by atoms with Crippen molar-refractivity contribution in [1.82, 2.24) is 49.2 Å². The van der Waals surface area contributed by atoms with Gasteiger partial charge in [0, 0.05) is 23.2 Å². The molecule has 4 aromatic carbocycles. The fraction of sp³-hybridized carbons (Fsp3) is 0.493. The summed E-state index contributed by atoms with van der Waals surface area (Å²) in [7, 11) is -7.11. The van der Waals surface area contributed by atoms with Crippen LogP contribution in [0.4, 0.5) is 11.9 Å². The number of carbonyl (C=O) groups is 2. The number of rotatable bonds is 5. The molecule has 12 rings (SSSR count). The van der Waals surface area contributed by atoms with Gasteiger partial charge in [0.15, 0.2) is 34.8 Å². The Balaban J connectivity index is 0.000000200. The molecule has 99 heavy (non-hydrogen) atoms. The van der Waals surface area contributed by atoms with Crippen molar-refractivity contribution in [2.75, 3.05) is 57.7 Å². The minimum absolute atomic E-state index is 0.0696. The molecular weight excluding hydrogens is 1320 g/mol. The summed E-state index contributed by atoms with van der Waals surface area (Å²) in [5.74, 6) is -0.219. The Morgan fingerprint density at radius 2 is 1.09 bits per heavy atom. The number of hydrogen-bond donors (Lipinski definition) is 8. The van der Waals surface area contributed by atoms with Gasteiger partial charge in [-0.25, -0.2) is 19.1 Å². The number of benzene rings is 4. The number of aliphatic hydroxyl groups excluding tert-OH is 2. The van der Waals surface area contributed by atoms with Crippen molar-refractivity contribution < 1.29 is 85.7 Å². The quantitative estimate of drug-likeness (QED) is 0.0453. The third-order valence-electron chi connectivity index (χ3n) is 17.5. The summed E-state index contributed by atoms with van der Waals surface area (Å²) >= 11 is 0. The lowest BCUT2D eigenvalue weighted by atomic mass is 9.88. The van der Waals surface area contributed by atoms with Crippen molar-refractivity contribution in [3.05, 3.63) is 110 Å². The fourth-order valence-electron chi connectivity index (χ4n) is 11.8. The van der Waals surface area contributed by atoms with E-state index in [2.05, 4.69) is 45.4 Å². The molecule has 9 N–H and O–H groups in total. The van der Waals surface area contributed by atoms with Crippen LogP contribution in [0.1, 0.15) is 106 Å². The molecule has 0 amide bonds. The molecule has 0 radical (unpaired) electrons. The number of ether oxygens (including phenoxy) is 6. The molecule has 0 aliphatic carbocycles. The number of aliphatic hydroxyl groups is 4. The minimum atomic E-state index is -4.39. The third-order valence-corrected chi connectivity index (χ3v) is 20.8. The van der Waals surface area contributed by atoms with Crippen molar-refractivity contribution in [3.63, 3.8) is 0 Å². The highest BCUT2D eigenvalue weighted by molar-refractivity contribution is 7.52. The number of allylic oxidation sites excluding steroid dienone is 1. The number of esters is 2. The second-order valence-electron chi connectivity index (χ2n) is 27.0. The maximum atomic E-state index is 14.5. The van der Waals surface area contributed by atoms with Gasteiger partial charge in [0.2, 0.25) is 23.7 Å².